The largest absolute Gasteiger partial charge is 0.394 e. The van der Waals surface area contributed by atoms with Gasteiger partial charge in [-0.25, -0.2) is 0 Å². The number of aliphatic hydroxyl groups is 13. The molecule has 0 saturated carbocycles. The van der Waals surface area contributed by atoms with Crippen molar-refractivity contribution in [3.05, 3.63) is 0 Å². The maximum Gasteiger partial charge on any atom is 0.222 e. The summed E-state index contributed by atoms with van der Waals surface area (Å²) in [7, 11) is 1.58. The molecule has 17 atom stereocenters. The molecule has 0 bridgehead atoms. The molecule has 39 heteroatoms. The summed E-state index contributed by atoms with van der Waals surface area (Å²) in [6.45, 7) is -0.249. The second kappa shape index (κ2) is 56.4. The number of hydrogen-bond acceptors (Lipinski definition) is 34. The Labute approximate surface area is 618 Å². The van der Waals surface area contributed by atoms with Crippen molar-refractivity contribution in [3.8, 4) is 0 Å². The Hall–Kier alpha value is -3.81. The van der Waals surface area contributed by atoms with E-state index in [1.165, 1.54) is 0 Å². The van der Waals surface area contributed by atoms with E-state index in [2.05, 4.69) is 21.3 Å². The molecule has 5 amide bonds. The highest BCUT2D eigenvalue weighted by Crippen LogP contribution is 2.26. The highest BCUT2D eigenvalue weighted by molar-refractivity contribution is 5.78. The number of amides is 5. The quantitative estimate of drug-likeness (QED) is 0.0252. The van der Waals surface area contributed by atoms with Crippen LogP contribution in [0, 0.1) is 0 Å². The van der Waals surface area contributed by atoms with Crippen molar-refractivity contribution in [2.24, 2.45) is 0 Å². The molecule has 4 saturated heterocycles. The van der Waals surface area contributed by atoms with Crippen LogP contribution < -0.4 is 21.3 Å². The highest BCUT2D eigenvalue weighted by atomic mass is 16.7. The molecule has 0 aromatic rings. The molecule has 6 unspecified atom stereocenters. The minimum atomic E-state index is -1.58. The number of methoxy groups -OCH3 is 1. The van der Waals surface area contributed by atoms with Crippen molar-refractivity contribution in [1.29, 1.82) is 0 Å². The number of rotatable bonds is 62. The maximum atomic E-state index is 13.9. The van der Waals surface area contributed by atoms with E-state index in [4.69, 9.17) is 75.8 Å². The van der Waals surface area contributed by atoms with Crippen molar-refractivity contribution in [2.45, 2.75) is 200 Å². The van der Waals surface area contributed by atoms with E-state index < -0.39 is 124 Å². The molecule has 0 aromatic heterocycles. The fraction of sp³-hybridized carbons (Fsp3) is 0.925. The number of β-amino-alcohol motifs (C(OH)–C–C–N with tert-alkyl or cyclic N) is 1. The number of ether oxygens (including phenoxy) is 16. The van der Waals surface area contributed by atoms with Crippen LogP contribution in [0.2, 0.25) is 0 Å². The van der Waals surface area contributed by atoms with Crippen LogP contribution >= 0.6 is 0 Å². The number of aliphatic hydroxyl groups excluding tert-OH is 13. The van der Waals surface area contributed by atoms with Gasteiger partial charge in [0.1, 0.15) is 78.8 Å². The molecular formula is C67H123N5O34. The third kappa shape index (κ3) is 37.5. The van der Waals surface area contributed by atoms with E-state index in [1.807, 2.05) is 0 Å². The van der Waals surface area contributed by atoms with Crippen LogP contribution in [0.1, 0.15) is 89.9 Å². The van der Waals surface area contributed by atoms with Gasteiger partial charge in [0.25, 0.3) is 0 Å². The fourth-order valence-corrected chi connectivity index (χ4v) is 11.5. The smallest absolute Gasteiger partial charge is 0.222 e. The van der Waals surface area contributed by atoms with Gasteiger partial charge in [-0.3, -0.25) is 24.0 Å². The van der Waals surface area contributed by atoms with E-state index in [0.29, 0.717) is 32.4 Å². The normalized spacial score (nSPS) is 27.5. The highest BCUT2D eigenvalue weighted by Gasteiger charge is 2.47. The van der Waals surface area contributed by atoms with Crippen LogP contribution in [0.25, 0.3) is 0 Å². The van der Waals surface area contributed by atoms with Crippen LogP contribution in [0.3, 0.4) is 0 Å². The van der Waals surface area contributed by atoms with E-state index in [1.54, 1.807) is 12.0 Å². The first kappa shape index (κ1) is 94.6. The lowest BCUT2D eigenvalue weighted by Crippen LogP contribution is -2.59. The van der Waals surface area contributed by atoms with Gasteiger partial charge in [-0.1, -0.05) is 38.5 Å². The molecule has 4 rings (SSSR count). The Bertz CT molecular complexity index is 2130. The minimum Gasteiger partial charge on any atom is -0.394 e. The van der Waals surface area contributed by atoms with Crippen molar-refractivity contribution in [3.63, 3.8) is 0 Å². The second-order valence-electron chi connectivity index (χ2n) is 26.0. The van der Waals surface area contributed by atoms with Crippen LogP contribution in [0.5, 0.6) is 0 Å². The standard InChI is InChI=1S/C67H123N5O34/c1-91-41-45-36-46(76)37-72(45)54(81)11-9-7-5-3-2-4-6-8-10-53(80)71-67(42-98-18-12-50(77)68-15-21-92-24-27-95-30-33-101-64-61(88)58(85)55(82)47(38-73)104-64,43-99-19-13-51(78)69-16-22-93-25-28-96-31-34-102-65-62(89)59(86)56(83)48(39-74)105-65)44-100-20-14-52(79)70-17-23-94-26-29-97-32-35-103-66-63(90)60(87)57(84)49(40-75)106-66/h45-49,55-66,73-76,82-90H,2-44H2,1H3,(H,68,77)(H,69,78)(H,70,79)(H,71,80)/t45-,46+,47?,48?,49?,55+,56+,57+,58?,59?,60?,61+,62+,63+,64-,65-,66-,67?/m0/s1. The molecule has 106 heavy (non-hydrogen) atoms. The van der Waals surface area contributed by atoms with Gasteiger partial charge in [0.2, 0.25) is 29.5 Å². The third-order valence-electron chi connectivity index (χ3n) is 17.5. The van der Waals surface area contributed by atoms with Gasteiger partial charge < -0.3 is 168 Å². The molecule has 4 fully saturated rings. The van der Waals surface area contributed by atoms with Gasteiger partial charge in [-0.2, -0.15) is 0 Å². The average molecular weight is 1540 g/mol. The van der Waals surface area contributed by atoms with Gasteiger partial charge >= 0.3 is 0 Å². The van der Waals surface area contributed by atoms with Gasteiger partial charge in [-0.05, 0) is 19.3 Å². The Balaban J connectivity index is 1.25. The number of hydrogen-bond donors (Lipinski definition) is 17. The summed E-state index contributed by atoms with van der Waals surface area (Å²) in [5.41, 5.74) is -1.40. The first-order valence-corrected chi connectivity index (χ1v) is 36.7. The second-order valence-corrected chi connectivity index (χ2v) is 26.0. The summed E-state index contributed by atoms with van der Waals surface area (Å²) in [5.74, 6) is -1.44. The van der Waals surface area contributed by atoms with E-state index >= 15 is 0 Å². The summed E-state index contributed by atoms with van der Waals surface area (Å²) in [4.78, 5) is 67.4. The molecule has 620 valence electrons. The molecule has 0 spiro atoms. The maximum absolute atomic E-state index is 13.9. The lowest BCUT2D eigenvalue weighted by atomic mass is 9.99. The third-order valence-corrected chi connectivity index (χ3v) is 17.5. The van der Waals surface area contributed by atoms with E-state index in [-0.39, 0.29) is 220 Å². The Morgan fingerprint density at radius 3 is 1.04 bits per heavy atom. The first-order valence-electron chi connectivity index (χ1n) is 36.7. The van der Waals surface area contributed by atoms with Crippen molar-refractivity contribution >= 4 is 29.5 Å². The number of unbranched alkanes of at least 4 members (excludes halogenated alkanes) is 7. The van der Waals surface area contributed by atoms with Crippen LogP contribution in [-0.4, -0.2) is 409 Å². The van der Waals surface area contributed by atoms with Gasteiger partial charge in [0, 0.05) is 65.4 Å². The van der Waals surface area contributed by atoms with Crippen molar-refractivity contribution < 1.29 is 166 Å². The molecule has 0 aromatic carbocycles. The van der Waals surface area contributed by atoms with Crippen LogP contribution in [-0.2, 0) is 99.8 Å². The lowest BCUT2D eigenvalue weighted by molar-refractivity contribution is -0.302. The van der Waals surface area contributed by atoms with E-state index in [0.717, 1.165) is 44.9 Å². The predicted octanol–water partition coefficient (Wildman–Crippen LogP) is -7.53. The van der Waals surface area contributed by atoms with Gasteiger partial charge in [0.05, 0.1) is 177 Å². The van der Waals surface area contributed by atoms with Crippen LogP contribution in [0.15, 0.2) is 0 Å². The molecule has 39 nitrogen and oxygen atoms in total. The van der Waals surface area contributed by atoms with Gasteiger partial charge in [-0.15, -0.1) is 0 Å². The zero-order valence-electron chi connectivity index (χ0n) is 61.1. The number of carbonyl (C=O) groups is 5. The molecule has 4 heterocycles. The molecule has 0 aliphatic carbocycles. The van der Waals surface area contributed by atoms with Gasteiger partial charge in [0.15, 0.2) is 18.9 Å². The molecular weight excluding hydrogens is 1420 g/mol. The average Bonchev–Trinajstić information content (AvgIpc) is 1.33. The molecule has 4 aliphatic heterocycles. The van der Waals surface area contributed by atoms with E-state index in [9.17, 15) is 90.4 Å². The minimum absolute atomic E-state index is 0.0204. The summed E-state index contributed by atoms with van der Waals surface area (Å²) in [6, 6.07) is -0.118. The zero-order chi connectivity index (χ0) is 77.3. The zero-order valence-corrected chi connectivity index (χ0v) is 61.1. The summed E-state index contributed by atoms with van der Waals surface area (Å²) >= 11 is 0. The Morgan fingerprint density at radius 2 is 0.698 bits per heavy atom. The topological polar surface area (TPSA) is 547 Å². The molecule has 0 radical (unpaired) electrons. The Morgan fingerprint density at radius 1 is 0.377 bits per heavy atom. The number of nitrogens with zero attached hydrogens (tertiary/aromatic N) is 1. The predicted molar refractivity (Wildman–Crippen MR) is 364 cm³/mol. The number of likely N-dealkylation sites (tertiary alicyclic amines) is 1. The van der Waals surface area contributed by atoms with Crippen molar-refractivity contribution in [2.75, 3.05) is 198 Å². The first-order chi connectivity index (χ1) is 51.2. The molecule has 17 N–H and O–H groups in total. The van der Waals surface area contributed by atoms with Crippen LogP contribution in [0.4, 0.5) is 0 Å². The summed E-state index contributed by atoms with van der Waals surface area (Å²) < 4.78 is 88.6. The Kier molecular flexibility index (Phi) is 50.3. The fourth-order valence-electron chi connectivity index (χ4n) is 11.5. The SMILES string of the molecule is COC[C@@H]1C[C@@H](O)CN1C(=O)CCCCCCCCCCC(=O)NC(COCCC(=O)NCCOCCOCCO[C@H]1OC(CO)[C@@H](O)C(O)[C@H]1O)(COCCC(=O)NCCOCCOCCO[C@H]1OC(CO)[C@@H](O)C(O)[C@H]1O)COCCC(=O)NCCOCCOCCO[C@H]1OC(CO)[C@@H](O)C(O)[C@H]1O. The molecule has 4 aliphatic rings. The number of carbonyl (C=O) groups excluding carboxylic acids is 5. The number of nitrogens with one attached hydrogen (secondary N) is 4. The summed E-state index contributed by atoms with van der Waals surface area (Å²) in [6.07, 6.45) is -14.3. The van der Waals surface area contributed by atoms with Crippen molar-refractivity contribution in [1.82, 2.24) is 26.2 Å². The summed E-state index contributed by atoms with van der Waals surface area (Å²) in [5, 5.41) is 140. The lowest BCUT2D eigenvalue weighted by Gasteiger charge is -2.39. The monoisotopic (exact) mass is 1540 g/mol.